The molecular weight excluding hydrogens is 459 g/mol. The number of nitro groups is 1. The molecule has 0 saturated heterocycles. The first kappa shape index (κ1) is 26.3. The van der Waals surface area contributed by atoms with Crippen LogP contribution in [0.25, 0.3) is 0 Å². The summed E-state index contributed by atoms with van der Waals surface area (Å²) < 4.78 is 43.3. The monoisotopic (exact) mass is 481 g/mol. The van der Waals surface area contributed by atoms with Crippen LogP contribution in [0.1, 0.15) is 35.3 Å². The van der Waals surface area contributed by atoms with Crippen LogP contribution in [-0.4, -0.2) is 35.4 Å². The fraction of sp³-hybridized carbons (Fsp3) is 0.318. The molecule has 2 rings (SSSR count). The summed E-state index contributed by atoms with van der Waals surface area (Å²) in [4.78, 5) is 47.1. The van der Waals surface area contributed by atoms with Crippen LogP contribution >= 0.6 is 0 Å². The highest BCUT2D eigenvalue weighted by molar-refractivity contribution is 5.98. The second-order valence-electron chi connectivity index (χ2n) is 7.71. The minimum absolute atomic E-state index is 0.289. The van der Waals surface area contributed by atoms with Gasteiger partial charge in [-0.1, -0.05) is 31.5 Å². The lowest BCUT2D eigenvalue weighted by Gasteiger charge is -2.21. The van der Waals surface area contributed by atoms with Gasteiger partial charge in [-0.2, -0.15) is 13.2 Å². The van der Waals surface area contributed by atoms with Gasteiger partial charge in [0.15, 0.2) is 6.61 Å². The van der Waals surface area contributed by atoms with Crippen LogP contribution in [0, 0.1) is 23.0 Å². The summed E-state index contributed by atoms with van der Waals surface area (Å²) in [5.74, 6) is -2.86. The number of hydrogen-bond acceptors (Lipinski definition) is 6. The number of rotatable bonds is 8. The van der Waals surface area contributed by atoms with Crippen molar-refractivity contribution in [2.24, 2.45) is 5.92 Å². The van der Waals surface area contributed by atoms with E-state index in [4.69, 9.17) is 4.74 Å². The molecule has 2 N–H and O–H groups in total. The Bertz CT molecular complexity index is 1100. The number of benzene rings is 2. The fourth-order valence-electron chi connectivity index (χ4n) is 2.89. The average Bonchev–Trinajstić information content (AvgIpc) is 2.74. The standard InChI is InChI=1S/C22H22F3N3O6/c1-12(2)19(27-20(30)14-6-4-5-13(3)9-14)21(31)34-11-18(29)26-16-8-7-15(22(23,24)25)10-17(16)28(32)33/h4-10,12,19H,11H2,1-3H3,(H,26,29)(H,27,30)/t19-/m0/s1. The number of anilines is 1. The molecule has 0 saturated carbocycles. The van der Waals surface area contributed by atoms with Gasteiger partial charge >= 0.3 is 12.1 Å². The van der Waals surface area contributed by atoms with Crippen LogP contribution in [0.4, 0.5) is 24.5 Å². The Hall–Kier alpha value is -3.96. The third-order valence-corrected chi connectivity index (χ3v) is 4.63. The highest BCUT2D eigenvalue weighted by Crippen LogP contribution is 2.34. The van der Waals surface area contributed by atoms with E-state index in [-0.39, 0.29) is 6.07 Å². The van der Waals surface area contributed by atoms with Crippen LogP contribution in [-0.2, 0) is 20.5 Å². The van der Waals surface area contributed by atoms with E-state index in [0.717, 1.165) is 11.6 Å². The van der Waals surface area contributed by atoms with Gasteiger partial charge in [0, 0.05) is 11.6 Å². The van der Waals surface area contributed by atoms with Gasteiger partial charge in [-0.25, -0.2) is 4.79 Å². The lowest BCUT2D eigenvalue weighted by atomic mass is 10.0. The van der Waals surface area contributed by atoms with Crippen LogP contribution in [0.2, 0.25) is 0 Å². The SMILES string of the molecule is Cc1cccc(C(=O)N[C@H](C(=O)OCC(=O)Nc2ccc(C(F)(F)F)cc2[N+](=O)[O-])C(C)C)c1. The number of carbonyl (C=O) groups excluding carboxylic acids is 3. The van der Waals surface area contributed by atoms with E-state index in [0.29, 0.717) is 11.6 Å². The molecule has 9 nitrogen and oxygen atoms in total. The van der Waals surface area contributed by atoms with Crippen LogP contribution in [0.15, 0.2) is 42.5 Å². The van der Waals surface area contributed by atoms with Gasteiger partial charge in [0.2, 0.25) is 0 Å². The van der Waals surface area contributed by atoms with Crippen LogP contribution in [0.5, 0.6) is 0 Å². The zero-order chi connectivity index (χ0) is 25.6. The quantitative estimate of drug-likeness (QED) is 0.335. The molecule has 0 heterocycles. The number of esters is 1. The van der Waals surface area contributed by atoms with Gasteiger partial charge in [0.25, 0.3) is 17.5 Å². The minimum atomic E-state index is -4.81. The molecule has 34 heavy (non-hydrogen) atoms. The first-order chi connectivity index (χ1) is 15.8. The molecule has 12 heteroatoms. The molecule has 0 radical (unpaired) electrons. The third-order valence-electron chi connectivity index (χ3n) is 4.63. The predicted octanol–water partition coefficient (Wildman–Crippen LogP) is 3.86. The summed E-state index contributed by atoms with van der Waals surface area (Å²) in [6.45, 7) is 4.22. The zero-order valence-electron chi connectivity index (χ0n) is 18.4. The first-order valence-corrected chi connectivity index (χ1v) is 9.99. The lowest BCUT2D eigenvalue weighted by Crippen LogP contribution is -2.46. The maximum Gasteiger partial charge on any atom is 0.416 e. The number of nitro benzene ring substituents is 1. The second-order valence-corrected chi connectivity index (χ2v) is 7.71. The van der Waals surface area contributed by atoms with E-state index >= 15 is 0 Å². The van der Waals surface area contributed by atoms with Gasteiger partial charge in [0.05, 0.1) is 10.5 Å². The largest absolute Gasteiger partial charge is 0.454 e. The van der Waals surface area contributed by atoms with Crippen molar-refractivity contribution >= 4 is 29.2 Å². The summed E-state index contributed by atoms with van der Waals surface area (Å²) in [5.41, 5.74) is -1.56. The number of hydrogen-bond donors (Lipinski definition) is 2. The molecule has 182 valence electrons. The molecule has 0 spiro atoms. The smallest absolute Gasteiger partial charge is 0.416 e. The molecule has 0 aliphatic rings. The molecule has 0 aliphatic carbocycles. The molecule has 0 fully saturated rings. The van der Waals surface area contributed by atoms with Gasteiger partial charge in [-0.15, -0.1) is 0 Å². The molecular formula is C22H22F3N3O6. The Morgan fingerprint density at radius 1 is 1.12 bits per heavy atom. The normalized spacial score (nSPS) is 12.1. The van der Waals surface area contributed by atoms with E-state index in [1.54, 1.807) is 45.0 Å². The van der Waals surface area contributed by atoms with Crippen molar-refractivity contribution in [3.8, 4) is 0 Å². The Balaban J connectivity index is 2.04. The van der Waals surface area contributed by atoms with E-state index in [2.05, 4.69) is 10.6 Å². The maximum absolute atomic E-state index is 12.8. The van der Waals surface area contributed by atoms with Gasteiger partial charge in [-0.05, 0) is 37.1 Å². The highest BCUT2D eigenvalue weighted by atomic mass is 19.4. The number of ether oxygens (including phenoxy) is 1. The summed E-state index contributed by atoms with van der Waals surface area (Å²) in [7, 11) is 0. The Morgan fingerprint density at radius 3 is 2.35 bits per heavy atom. The Labute approximate surface area is 192 Å². The fourth-order valence-corrected chi connectivity index (χ4v) is 2.89. The van der Waals surface area contributed by atoms with E-state index in [9.17, 15) is 37.7 Å². The predicted molar refractivity (Wildman–Crippen MR) is 115 cm³/mol. The Morgan fingerprint density at radius 2 is 1.79 bits per heavy atom. The van der Waals surface area contributed by atoms with Crippen LogP contribution < -0.4 is 10.6 Å². The van der Waals surface area contributed by atoms with Crippen molar-refractivity contribution in [3.63, 3.8) is 0 Å². The number of aryl methyl sites for hydroxylation is 1. The van der Waals surface area contributed by atoms with Crippen molar-refractivity contribution in [2.45, 2.75) is 33.0 Å². The van der Waals surface area contributed by atoms with E-state index < -0.39 is 64.4 Å². The summed E-state index contributed by atoms with van der Waals surface area (Å²) in [5, 5.41) is 15.7. The summed E-state index contributed by atoms with van der Waals surface area (Å²) in [6.07, 6.45) is -4.81. The molecule has 0 unspecified atom stereocenters. The van der Waals surface area contributed by atoms with Gasteiger partial charge in [0.1, 0.15) is 11.7 Å². The van der Waals surface area contributed by atoms with Crippen molar-refractivity contribution in [2.75, 3.05) is 11.9 Å². The van der Waals surface area contributed by atoms with Gasteiger partial charge < -0.3 is 15.4 Å². The van der Waals surface area contributed by atoms with Crippen molar-refractivity contribution in [1.29, 1.82) is 0 Å². The second kappa shape index (κ2) is 10.8. The van der Waals surface area contributed by atoms with Crippen molar-refractivity contribution < 1.29 is 37.2 Å². The minimum Gasteiger partial charge on any atom is -0.454 e. The number of carbonyl (C=O) groups is 3. The molecule has 2 amide bonds. The van der Waals surface area contributed by atoms with E-state index in [1.807, 2.05) is 0 Å². The van der Waals surface area contributed by atoms with Crippen molar-refractivity contribution in [3.05, 3.63) is 69.3 Å². The highest BCUT2D eigenvalue weighted by Gasteiger charge is 2.33. The van der Waals surface area contributed by atoms with Gasteiger partial charge in [-0.3, -0.25) is 19.7 Å². The van der Waals surface area contributed by atoms with Crippen LogP contribution in [0.3, 0.4) is 0 Å². The molecule has 2 aromatic rings. The third kappa shape index (κ3) is 7.02. The number of alkyl halides is 3. The average molecular weight is 481 g/mol. The van der Waals surface area contributed by atoms with Crippen molar-refractivity contribution in [1.82, 2.24) is 5.32 Å². The maximum atomic E-state index is 12.8. The zero-order valence-corrected chi connectivity index (χ0v) is 18.4. The molecule has 2 aromatic carbocycles. The number of nitrogens with zero attached hydrogens (tertiary/aromatic N) is 1. The summed E-state index contributed by atoms with van der Waals surface area (Å²) >= 11 is 0. The molecule has 1 atom stereocenters. The van der Waals surface area contributed by atoms with E-state index in [1.165, 1.54) is 0 Å². The number of halogens is 3. The topological polar surface area (TPSA) is 128 Å². The molecule has 0 aromatic heterocycles. The Kier molecular flexibility index (Phi) is 8.33. The molecule has 0 bridgehead atoms. The number of nitrogens with one attached hydrogen (secondary N) is 2. The lowest BCUT2D eigenvalue weighted by molar-refractivity contribution is -0.384. The number of amides is 2. The molecule has 0 aliphatic heterocycles. The first-order valence-electron chi connectivity index (χ1n) is 9.99. The summed E-state index contributed by atoms with van der Waals surface area (Å²) in [6, 6.07) is 7.17.